The fraction of sp³-hybridized carbons (Fsp3) is 0.407. The maximum Gasteiger partial charge on any atom is 0.226 e. The number of nitrogens with one attached hydrogen (secondary N) is 1. The van der Waals surface area contributed by atoms with E-state index in [1.54, 1.807) is 11.3 Å². The van der Waals surface area contributed by atoms with Gasteiger partial charge < -0.3 is 5.32 Å². The number of nitrogens with zero attached hydrogens (tertiary/aromatic N) is 1. The summed E-state index contributed by atoms with van der Waals surface area (Å²) in [6.07, 6.45) is 5.73. The lowest BCUT2D eigenvalue weighted by Gasteiger charge is -2.28. The molecule has 0 aliphatic heterocycles. The van der Waals surface area contributed by atoms with Gasteiger partial charge in [-0.1, -0.05) is 66.6 Å². The molecule has 2 aliphatic carbocycles. The molecule has 2 fully saturated rings. The van der Waals surface area contributed by atoms with Crippen LogP contribution in [-0.4, -0.2) is 16.9 Å². The van der Waals surface area contributed by atoms with Gasteiger partial charge in [0.2, 0.25) is 5.91 Å². The molecule has 0 radical (unpaired) electrons. The van der Waals surface area contributed by atoms with Crippen LogP contribution in [0.5, 0.6) is 0 Å². The Morgan fingerprint density at radius 1 is 1.06 bits per heavy atom. The van der Waals surface area contributed by atoms with Crippen molar-refractivity contribution in [3.8, 4) is 21.0 Å². The van der Waals surface area contributed by atoms with Crippen LogP contribution in [0.4, 0.5) is 0 Å². The SMILES string of the molecule is Cc1ccc(-c2sc(-c3ccccc3)nc2CC(=O)N[C@H](C)[C@@H]2C[C@H]3CC[C@H]2C3)cc1. The summed E-state index contributed by atoms with van der Waals surface area (Å²) >= 11 is 1.68. The van der Waals surface area contributed by atoms with E-state index >= 15 is 0 Å². The standard InChI is InChI=1S/C27H30N2OS/c1-17-8-11-20(12-9-17)26-24(29-27(31-26)21-6-4-3-5-7-21)16-25(30)28-18(2)23-15-19-10-13-22(23)14-19/h3-9,11-12,18-19,22-23H,10,13-16H2,1-2H3,(H,28,30)/t18-,19+,22+,23+/m1/s1. The van der Waals surface area contributed by atoms with Crippen molar-refractivity contribution in [2.45, 2.75) is 52.0 Å². The molecule has 3 nitrogen and oxygen atoms in total. The zero-order chi connectivity index (χ0) is 21.4. The maximum atomic E-state index is 13.0. The smallest absolute Gasteiger partial charge is 0.226 e. The highest BCUT2D eigenvalue weighted by atomic mass is 32.1. The van der Waals surface area contributed by atoms with Crippen LogP contribution in [0.3, 0.4) is 0 Å². The van der Waals surface area contributed by atoms with Gasteiger partial charge in [0, 0.05) is 11.6 Å². The van der Waals surface area contributed by atoms with E-state index < -0.39 is 0 Å². The van der Waals surface area contributed by atoms with Crippen molar-refractivity contribution >= 4 is 17.2 Å². The molecule has 1 N–H and O–H groups in total. The Labute approximate surface area is 188 Å². The zero-order valence-electron chi connectivity index (χ0n) is 18.3. The Bertz CT molecular complexity index is 1060. The first-order valence-corrected chi connectivity index (χ1v) is 12.3. The largest absolute Gasteiger partial charge is 0.353 e. The molecule has 2 saturated carbocycles. The first-order chi connectivity index (χ1) is 15.1. The molecule has 1 aromatic heterocycles. The van der Waals surface area contributed by atoms with Crippen molar-refractivity contribution in [2.24, 2.45) is 17.8 Å². The lowest BCUT2D eigenvalue weighted by molar-refractivity contribution is -0.121. The topological polar surface area (TPSA) is 42.0 Å². The van der Waals surface area contributed by atoms with Crippen LogP contribution in [0.2, 0.25) is 0 Å². The summed E-state index contributed by atoms with van der Waals surface area (Å²) in [5, 5.41) is 4.29. The van der Waals surface area contributed by atoms with Crippen molar-refractivity contribution in [3.63, 3.8) is 0 Å². The molecule has 4 atom stereocenters. The minimum absolute atomic E-state index is 0.0912. The van der Waals surface area contributed by atoms with Crippen LogP contribution >= 0.6 is 11.3 Å². The van der Waals surface area contributed by atoms with E-state index in [-0.39, 0.29) is 11.9 Å². The number of rotatable bonds is 6. The van der Waals surface area contributed by atoms with Crippen molar-refractivity contribution in [1.82, 2.24) is 10.3 Å². The van der Waals surface area contributed by atoms with Gasteiger partial charge in [0.1, 0.15) is 5.01 Å². The number of aryl methyl sites for hydroxylation is 1. The van der Waals surface area contributed by atoms with E-state index in [0.29, 0.717) is 12.3 Å². The normalized spacial score (nSPS) is 23.1. The van der Waals surface area contributed by atoms with Gasteiger partial charge in [-0.2, -0.15) is 0 Å². The number of fused-ring (bicyclic) bond motifs is 2. The number of amides is 1. The molecule has 3 aromatic rings. The van der Waals surface area contributed by atoms with Gasteiger partial charge in [-0.05, 0) is 56.4 Å². The van der Waals surface area contributed by atoms with Crippen LogP contribution in [0.15, 0.2) is 54.6 Å². The molecule has 31 heavy (non-hydrogen) atoms. The van der Waals surface area contributed by atoms with Gasteiger partial charge in [-0.3, -0.25) is 4.79 Å². The second-order valence-corrected chi connectivity index (χ2v) is 10.4. The molecular weight excluding hydrogens is 400 g/mol. The highest BCUT2D eigenvalue weighted by molar-refractivity contribution is 7.18. The van der Waals surface area contributed by atoms with Crippen LogP contribution in [0.1, 0.15) is 43.9 Å². The van der Waals surface area contributed by atoms with E-state index in [4.69, 9.17) is 4.98 Å². The number of benzene rings is 2. The van der Waals surface area contributed by atoms with Crippen LogP contribution < -0.4 is 5.32 Å². The van der Waals surface area contributed by atoms with E-state index in [0.717, 1.165) is 38.5 Å². The molecule has 5 rings (SSSR count). The number of aromatic nitrogens is 1. The average Bonchev–Trinajstić information content (AvgIpc) is 3.51. The fourth-order valence-electron chi connectivity index (χ4n) is 5.58. The number of carbonyl (C=O) groups is 1. The average molecular weight is 431 g/mol. The lowest BCUT2D eigenvalue weighted by Crippen LogP contribution is -2.40. The summed E-state index contributed by atoms with van der Waals surface area (Å²) in [6.45, 7) is 4.29. The Morgan fingerprint density at radius 3 is 2.52 bits per heavy atom. The monoisotopic (exact) mass is 430 g/mol. The van der Waals surface area contributed by atoms with Gasteiger partial charge in [0.25, 0.3) is 0 Å². The highest BCUT2D eigenvalue weighted by Gasteiger charge is 2.42. The first kappa shape index (κ1) is 20.4. The number of thiazole rings is 1. The summed E-state index contributed by atoms with van der Waals surface area (Å²) in [4.78, 5) is 19.0. The highest BCUT2D eigenvalue weighted by Crippen LogP contribution is 2.49. The summed E-state index contributed by atoms with van der Waals surface area (Å²) in [5.41, 5.74) is 4.35. The summed E-state index contributed by atoms with van der Waals surface area (Å²) < 4.78 is 0. The van der Waals surface area contributed by atoms with Gasteiger partial charge in [0.15, 0.2) is 0 Å². The minimum atomic E-state index is 0.0912. The second kappa shape index (κ2) is 8.58. The third-order valence-electron chi connectivity index (χ3n) is 7.18. The van der Waals surface area contributed by atoms with E-state index in [9.17, 15) is 4.79 Å². The molecule has 4 heteroatoms. The molecule has 2 bridgehead atoms. The fourth-order valence-corrected chi connectivity index (χ4v) is 6.67. The third-order valence-corrected chi connectivity index (χ3v) is 8.38. The Hall–Kier alpha value is -2.46. The van der Waals surface area contributed by atoms with Crippen LogP contribution in [0, 0.1) is 24.7 Å². The second-order valence-electron chi connectivity index (χ2n) is 9.40. The van der Waals surface area contributed by atoms with Gasteiger partial charge in [0.05, 0.1) is 17.0 Å². The molecule has 2 aliphatic rings. The third kappa shape index (κ3) is 4.31. The molecule has 1 amide bonds. The summed E-state index contributed by atoms with van der Waals surface area (Å²) in [7, 11) is 0. The van der Waals surface area contributed by atoms with Crippen molar-refractivity contribution < 1.29 is 4.79 Å². The quantitative estimate of drug-likeness (QED) is 0.501. The van der Waals surface area contributed by atoms with Crippen LogP contribution in [0.25, 0.3) is 21.0 Å². The molecule has 1 heterocycles. The van der Waals surface area contributed by atoms with Crippen molar-refractivity contribution in [2.75, 3.05) is 0 Å². The maximum absolute atomic E-state index is 13.0. The molecule has 0 unspecified atom stereocenters. The Morgan fingerprint density at radius 2 is 1.84 bits per heavy atom. The zero-order valence-corrected chi connectivity index (χ0v) is 19.1. The molecule has 160 valence electrons. The molecule has 0 spiro atoms. The predicted octanol–water partition coefficient (Wildman–Crippen LogP) is 6.27. The predicted molar refractivity (Wildman–Crippen MR) is 128 cm³/mol. The van der Waals surface area contributed by atoms with Gasteiger partial charge in [-0.15, -0.1) is 11.3 Å². The van der Waals surface area contributed by atoms with Gasteiger partial charge in [-0.25, -0.2) is 4.98 Å². The van der Waals surface area contributed by atoms with E-state index in [2.05, 4.69) is 55.6 Å². The Kier molecular flexibility index (Phi) is 5.66. The number of hydrogen-bond acceptors (Lipinski definition) is 3. The lowest BCUT2D eigenvalue weighted by atomic mass is 9.84. The molecule has 2 aromatic carbocycles. The number of carbonyl (C=O) groups excluding carboxylic acids is 1. The summed E-state index contributed by atoms with van der Waals surface area (Å²) in [6, 6.07) is 19.0. The number of hydrogen-bond donors (Lipinski definition) is 1. The molecular formula is C27H30N2OS. The van der Waals surface area contributed by atoms with Gasteiger partial charge >= 0.3 is 0 Å². The molecule has 0 saturated heterocycles. The van der Waals surface area contributed by atoms with Crippen molar-refractivity contribution in [3.05, 3.63) is 65.9 Å². The first-order valence-electron chi connectivity index (χ1n) is 11.5. The van der Waals surface area contributed by atoms with E-state index in [1.165, 1.54) is 31.2 Å². The Balaban J connectivity index is 1.37. The van der Waals surface area contributed by atoms with Crippen LogP contribution in [-0.2, 0) is 11.2 Å². The van der Waals surface area contributed by atoms with Crippen molar-refractivity contribution in [1.29, 1.82) is 0 Å². The minimum Gasteiger partial charge on any atom is -0.353 e. The van der Waals surface area contributed by atoms with E-state index in [1.807, 2.05) is 18.2 Å². The summed E-state index contributed by atoms with van der Waals surface area (Å²) in [5.74, 6) is 2.45.